The molecule has 0 spiro atoms. The number of nitrogens with zero attached hydrogens (tertiary/aromatic N) is 1. The fraction of sp³-hybridized carbons (Fsp3) is 0.867. The second kappa shape index (κ2) is 9.54. The summed E-state index contributed by atoms with van der Waals surface area (Å²) in [5.74, 6) is 0.757. The van der Waals surface area contributed by atoms with E-state index in [1.54, 1.807) is 0 Å². The summed E-state index contributed by atoms with van der Waals surface area (Å²) in [4.78, 5) is 2.55. The van der Waals surface area contributed by atoms with E-state index in [9.17, 15) is 0 Å². The molecule has 1 aliphatic heterocycles. The lowest BCUT2D eigenvalue weighted by molar-refractivity contribution is 0.104. The van der Waals surface area contributed by atoms with Crippen LogP contribution in [0.25, 0.3) is 0 Å². The molecule has 1 heterocycles. The summed E-state index contributed by atoms with van der Waals surface area (Å²) in [6.45, 7) is 14.6. The minimum absolute atomic E-state index is 0.644. The lowest BCUT2D eigenvalue weighted by atomic mass is 9.99. The van der Waals surface area contributed by atoms with Gasteiger partial charge in [0.1, 0.15) is 0 Å². The topological polar surface area (TPSA) is 24.5 Å². The Kier molecular flexibility index (Phi) is 8.31. The van der Waals surface area contributed by atoms with Gasteiger partial charge in [-0.2, -0.15) is 0 Å². The van der Waals surface area contributed by atoms with Crippen LogP contribution in [0, 0.1) is 5.92 Å². The maximum atomic E-state index is 5.61. The molecule has 3 nitrogen and oxygen atoms in total. The van der Waals surface area contributed by atoms with Crippen LogP contribution in [0.2, 0.25) is 0 Å². The molecular formula is C15H30N2O. The number of hydrogen-bond donors (Lipinski definition) is 1. The average molecular weight is 254 g/mol. The Balaban J connectivity index is 2.24. The van der Waals surface area contributed by atoms with E-state index in [0.717, 1.165) is 38.6 Å². The Hall–Kier alpha value is -0.380. The Bertz CT molecular complexity index is 221. The Morgan fingerprint density at radius 2 is 2.33 bits per heavy atom. The van der Waals surface area contributed by atoms with Crippen LogP contribution in [0.15, 0.2) is 12.7 Å². The Labute approximate surface area is 113 Å². The lowest BCUT2D eigenvalue weighted by Crippen LogP contribution is -2.42. The van der Waals surface area contributed by atoms with E-state index in [1.165, 1.54) is 25.9 Å². The van der Waals surface area contributed by atoms with Crippen molar-refractivity contribution in [2.75, 3.05) is 39.4 Å². The molecule has 18 heavy (non-hydrogen) atoms. The summed E-state index contributed by atoms with van der Waals surface area (Å²) in [5.41, 5.74) is 0. The summed E-state index contributed by atoms with van der Waals surface area (Å²) in [7, 11) is 0. The van der Waals surface area contributed by atoms with Crippen LogP contribution in [-0.2, 0) is 4.74 Å². The highest BCUT2D eigenvalue weighted by atomic mass is 16.5. The first kappa shape index (κ1) is 15.7. The van der Waals surface area contributed by atoms with Crippen molar-refractivity contribution in [3.05, 3.63) is 12.7 Å². The van der Waals surface area contributed by atoms with E-state index in [1.807, 2.05) is 6.08 Å². The van der Waals surface area contributed by atoms with Crippen LogP contribution in [0.3, 0.4) is 0 Å². The second-order valence-electron chi connectivity index (χ2n) is 5.29. The minimum atomic E-state index is 0.644. The first-order chi connectivity index (χ1) is 8.77. The minimum Gasteiger partial charge on any atom is -0.380 e. The average Bonchev–Trinajstić information content (AvgIpc) is 2.63. The molecular weight excluding hydrogens is 224 g/mol. The van der Waals surface area contributed by atoms with Gasteiger partial charge < -0.3 is 10.1 Å². The zero-order chi connectivity index (χ0) is 13.2. The molecule has 0 saturated carbocycles. The van der Waals surface area contributed by atoms with Gasteiger partial charge in [-0.05, 0) is 31.8 Å². The van der Waals surface area contributed by atoms with Crippen LogP contribution >= 0.6 is 0 Å². The quantitative estimate of drug-likeness (QED) is 0.531. The van der Waals surface area contributed by atoms with Crippen LogP contribution in [0.1, 0.15) is 33.1 Å². The molecule has 3 heteroatoms. The smallest absolute Gasteiger partial charge is 0.0593 e. The first-order valence-corrected chi connectivity index (χ1v) is 7.42. The van der Waals surface area contributed by atoms with Gasteiger partial charge in [-0.25, -0.2) is 0 Å². The van der Waals surface area contributed by atoms with Crippen molar-refractivity contribution in [2.24, 2.45) is 5.92 Å². The number of ether oxygens (including phenoxy) is 1. The molecule has 0 aromatic rings. The van der Waals surface area contributed by atoms with E-state index in [-0.39, 0.29) is 0 Å². The van der Waals surface area contributed by atoms with E-state index < -0.39 is 0 Å². The largest absolute Gasteiger partial charge is 0.380 e. The SMILES string of the molecule is C=CCCOCCN1CCCNC(C(C)CC)C1. The number of rotatable bonds is 8. The maximum Gasteiger partial charge on any atom is 0.0593 e. The summed E-state index contributed by atoms with van der Waals surface area (Å²) < 4.78 is 5.61. The van der Waals surface area contributed by atoms with E-state index >= 15 is 0 Å². The fourth-order valence-electron chi connectivity index (χ4n) is 2.36. The van der Waals surface area contributed by atoms with Crippen LogP contribution in [0.5, 0.6) is 0 Å². The van der Waals surface area contributed by atoms with E-state index in [2.05, 4.69) is 30.6 Å². The van der Waals surface area contributed by atoms with Gasteiger partial charge >= 0.3 is 0 Å². The van der Waals surface area contributed by atoms with Crippen molar-refractivity contribution in [3.63, 3.8) is 0 Å². The molecule has 0 amide bonds. The molecule has 0 aromatic heterocycles. The monoisotopic (exact) mass is 254 g/mol. The van der Waals surface area contributed by atoms with Gasteiger partial charge in [0.2, 0.25) is 0 Å². The molecule has 2 atom stereocenters. The van der Waals surface area contributed by atoms with Gasteiger partial charge in [0.25, 0.3) is 0 Å². The summed E-state index contributed by atoms with van der Waals surface area (Å²) in [5, 5.41) is 3.68. The summed E-state index contributed by atoms with van der Waals surface area (Å²) >= 11 is 0. The summed E-state index contributed by atoms with van der Waals surface area (Å²) in [6, 6.07) is 0.644. The highest BCUT2D eigenvalue weighted by molar-refractivity contribution is 4.80. The van der Waals surface area contributed by atoms with Crippen LogP contribution in [-0.4, -0.2) is 50.3 Å². The van der Waals surface area contributed by atoms with Crippen molar-refractivity contribution in [1.29, 1.82) is 0 Å². The molecule has 0 aliphatic carbocycles. The number of hydrogen-bond acceptors (Lipinski definition) is 3. The molecule has 1 fully saturated rings. The lowest BCUT2D eigenvalue weighted by Gasteiger charge is -2.27. The first-order valence-electron chi connectivity index (χ1n) is 7.42. The molecule has 0 radical (unpaired) electrons. The van der Waals surface area contributed by atoms with Crippen molar-refractivity contribution in [2.45, 2.75) is 39.2 Å². The van der Waals surface area contributed by atoms with Crippen molar-refractivity contribution >= 4 is 0 Å². The van der Waals surface area contributed by atoms with E-state index in [0.29, 0.717) is 6.04 Å². The van der Waals surface area contributed by atoms with Gasteiger partial charge in [-0.15, -0.1) is 6.58 Å². The van der Waals surface area contributed by atoms with Crippen molar-refractivity contribution in [3.8, 4) is 0 Å². The molecule has 1 saturated heterocycles. The normalized spacial score (nSPS) is 23.6. The number of nitrogens with one attached hydrogen (secondary N) is 1. The fourth-order valence-corrected chi connectivity index (χ4v) is 2.36. The highest BCUT2D eigenvalue weighted by Crippen LogP contribution is 2.12. The highest BCUT2D eigenvalue weighted by Gasteiger charge is 2.21. The van der Waals surface area contributed by atoms with Gasteiger partial charge in [-0.1, -0.05) is 26.3 Å². The van der Waals surface area contributed by atoms with Gasteiger partial charge in [-0.3, -0.25) is 4.90 Å². The molecule has 106 valence electrons. The van der Waals surface area contributed by atoms with Crippen LogP contribution in [0.4, 0.5) is 0 Å². The van der Waals surface area contributed by atoms with Gasteiger partial charge in [0, 0.05) is 19.1 Å². The predicted octanol–water partition coefficient (Wildman–Crippen LogP) is 2.29. The zero-order valence-corrected chi connectivity index (χ0v) is 12.2. The second-order valence-corrected chi connectivity index (χ2v) is 5.29. The molecule has 2 unspecified atom stereocenters. The van der Waals surface area contributed by atoms with Gasteiger partial charge in [0.15, 0.2) is 0 Å². The molecule has 1 N–H and O–H groups in total. The Morgan fingerprint density at radius 1 is 1.50 bits per heavy atom. The standard InChI is InChI=1S/C15H30N2O/c1-4-6-11-18-12-10-17-9-7-8-16-15(13-17)14(3)5-2/h4,14-16H,1,5-13H2,2-3H3. The third-order valence-corrected chi connectivity index (χ3v) is 3.86. The Morgan fingerprint density at radius 3 is 3.06 bits per heavy atom. The molecule has 0 bridgehead atoms. The summed E-state index contributed by atoms with van der Waals surface area (Å²) in [6.07, 6.45) is 5.37. The van der Waals surface area contributed by atoms with Crippen LogP contribution < -0.4 is 5.32 Å². The van der Waals surface area contributed by atoms with Crippen molar-refractivity contribution < 1.29 is 4.74 Å². The molecule has 0 aromatic carbocycles. The molecule has 1 rings (SSSR count). The zero-order valence-electron chi connectivity index (χ0n) is 12.2. The third kappa shape index (κ3) is 5.98. The maximum absolute atomic E-state index is 5.61. The molecule has 1 aliphatic rings. The predicted molar refractivity (Wildman–Crippen MR) is 77.9 cm³/mol. The van der Waals surface area contributed by atoms with E-state index in [4.69, 9.17) is 4.74 Å². The third-order valence-electron chi connectivity index (χ3n) is 3.86. The van der Waals surface area contributed by atoms with Gasteiger partial charge in [0.05, 0.1) is 13.2 Å². The van der Waals surface area contributed by atoms with Crippen molar-refractivity contribution in [1.82, 2.24) is 10.2 Å².